The number of hydrogen-bond acceptors (Lipinski definition) is 3. The van der Waals surface area contributed by atoms with Crippen molar-refractivity contribution in [3.63, 3.8) is 0 Å². The number of carboxylic acid groups (broad SMARTS) is 1. The first-order valence-corrected chi connectivity index (χ1v) is 13.4. The normalized spacial score (nSPS) is 18.3. The Labute approximate surface area is 231 Å². The Hall–Kier alpha value is -3.09. The lowest BCUT2D eigenvalue weighted by atomic mass is 9.77. The molecular weight excluding hydrogens is 528 g/mol. The average Bonchev–Trinajstić information content (AvgIpc) is 2.85. The zero-order chi connectivity index (χ0) is 27.4. The van der Waals surface area contributed by atoms with Gasteiger partial charge in [0.25, 0.3) is 5.91 Å². The van der Waals surface area contributed by atoms with Gasteiger partial charge in [0.05, 0.1) is 15.6 Å². The molecule has 0 heterocycles. The minimum atomic E-state index is -1.10. The molecule has 0 bridgehead atoms. The Kier molecular flexibility index (Phi) is 8.95. The van der Waals surface area contributed by atoms with Crippen molar-refractivity contribution in [2.45, 2.75) is 51.7 Å². The van der Waals surface area contributed by atoms with Gasteiger partial charge in [-0.25, -0.2) is 9.18 Å². The van der Waals surface area contributed by atoms with Crippen LogP contribution < -0.4 is 10.1 Å². The standard InChI is InChI=1S/C30H30Cl2FNO4/c1-17-11-18(2)13-19(12-17)4-10-27(30(36)37)34-29(35)24-7-5-21-15-22(33)6-8-23(21)28(24)38-16-20-3-9-25(31)26(32)14-20/h3,5-9,14-15,18-19,27H,1,4,10-13,16H2,2H3,(H,34,35)(H,36,37)/t18?,19?,27-/m0/s1. The van der Waals surface area contributed by atoms with Gasteiger partial charge in [-0.2, -0.15) is 0 Å². The van der Waals surface area contributed by atoms with Gasteiger partial charge in [-0.15, -0.1) is 0 Å². The van der Waals surface area contributed by atoms with Crippen LogP contribution in [0.15, 0.2) is 60.7 Å². The zero-order valence-corrected chi connectivity index (χ0v) is 22.6. The third-order valence-corrected chi connectivity index (χ3v) is 7.70. The van der Waals surface area contributed by atoms with Crippen molar-refractivity contribution in [3.05, 3.63) is 87.7 Å². The van der Waals surface area contributed by atoms with Crippen LogP contribution in [0.3, 0.4) is 0 Å². The second-order valence-electron chi connectivity index (χ2n) is 10.2. The molecule has 4 rings (SSSR count). The number of rotatable bonds is 9. The second-order valence-corrected chi connectivity index (χ2v) is 11.0. The molecule has 0 aromatic heterocycles. The fourth-order valence-electron chi connectivity index (χ4n) is 5.23. The number of nitrogens with one attached hydrogen (secondary N) is 1. The van der Waals surface area contributed by atoms with Crippen LogP contribution in [-0.2, 0) is 11.4 Å². The van der Waals surface area contributed by atoms with E-state index in [0.717, 1.165) is 24.8 Å². The number of amides is 1. The fourth-order valence-corrected chi connectivity index (χ4v) is 5.55. The van der Waals surface area contributed by atoms with Crippen LogP contribution in [0.25, 0.3) is 10.8 Å². The van der Waals surface area contributed by atoms with Gasteiger partial charge in [0.15, 0.2) is 0 Å². The number of carboxylic acids is 1. The molecule has 1 aliphatic carbocycles. The summed E-state index contributed by atoms with van der Waals surface area (Å²) < 4.78 is 20.0. The SMILES string of the molecule is C=C1CC(C)CC(CC[C@H](NC(=O)c2ccc3cc(F)ccc3c2OCc2ccc(Cl)c(Cl)c2)C(=O)O)C1. The Bertz CT molecular complexity index is 1380. The van der Waals surface area contributed by atoms with Gasteiger partial charge in [0, 0.05) is 5.39 Å². The number of allylic oxidation sites excluding steroid dienone is 1. The van der Waals surface area contributed by atoms with Crippen molar-refractivity contribution >= 4 is 45.9 Å². The predicted octanol–water partition coefficient (Wildman–Crippen LogP) is 7.82. The van der Waals surface area contributed by atoms with E-state index in [1.165, 1.54) is 29.8 Å². The number of carbonyl (C=O) groups excluding carboxylic acids is 1. The second kappa shape index (κ2) is 12.2. The van der Waals surface area contributed by atoms with Gasteiger partial charge in [-0.05, 0) is 91.3 Å². The summed E-state index contributed by atoms with van der Waals surface area (Å²) in [4.78, 5) is 25.4. The first kappa shape index (κ1) is 27.9. The number of hydrogen-bond donors (Lipinski definition) is 2. The van der Waals surface area contributed by atoms with E-state index in [9.17, 15) is 19.1 Å². The molecule has 3 aromatic rings. The molecule has 1 amide bonds. The summed E-state index contributed by atoms with van der Waals surface area (Å²) in [6.45, 7) is 6.36. The van der Waals surface area contributed by atoms with Crippen molar-refractivity contribution in [2.75, 3.05) is 0 Å². The van der Waals surface area contributed by atoms with Gasteiger partial charge in [0.1, 0.15) is 24.2 Å². The molecule has 1 saturated carbocycles. The molecule has 0 aliphatic heterocycles. The number of halogens is 3. The first-order chi connectivity index (χ1) is 18.1. The van der Waals surface area contributed by atoms with Crippen LogP contribution in [0, 0.1) is 17.7 Å². The highest BCUT2D eigenvalue weighted by Crippen LogP contribution is 2.35. The molecule has 2 unspecified atom stereocenters. The first-order valence-electron chi connectivity index (χ1n) is 12.6. The van der Waals surface area contributed by atoms with Crippen LogP contribution in [0.1, 0.15) is 54.9 Å². The van der Waals surface area contributed by atoms with Crippen LogP contribution in [0.4, 0.5) is 4.39 Å². The van der Waals surface area contributed by atoms with Crippen molar-refractivity contribution in [3.8, 4) is 5.75 Å². The number of carbonyl (C=O) groups is 2. The lowest BCUT2D eigenvalue weighted by molar-refractivity contribution is -0.139. The average molecular weight is 558 g/mol. The van der Waals surface area contributed by atoms with Gasteiger partial charge in [0.2, 0.25) is 0 Å². The monoisotopic (exact) mass is 557 g/mol. The molecule has 0 spiro atoms. The van der Waals surface area contributed by atoms with E-state index in [2.05, 4.69) is 18.8 Å². The summed E-state index contributed by atoms with van der Waals surface area (Å²) in [5.41, 5.74) is 2.08. The molecule has 0 saturated heterocycles. The minimum absolute atomic E-state index is 0.0692. The summed E-state index contributed by atoms with van der Waals surface area (Å²) in [6.07, 6.45) is 3.90. The van der Waals surface area contributed by atoms with Crippen molar-refractivity contribution < 1.29 is 23.8 Å². The lowest BCUT2D eigenvalue weighted by Gasteiger charge is -2.29. The third-order valence-electron chi connectivity index (χ3n) is 6.96. The number of aliphatic carboxylic acids is 1. The lowest BCUT2D eigenvalue weighted by Crippen LogP contribution is -2.41. The predicted molar refractivity (Wildman–Crippen MR) is 148 cm³/mol. The number of ether oxygens (including phenoxy) is 1. The molecule has 2 N–H and O–H groups in total. The highest BCUT2D eigenvalue weighted by Gasteiger charge is 2.27. The Balaban J connectivity index is 1.56. The van der Waals surface area contributed by atoms with E-state index in [1.807, 2.05) is 0 Å². The quantitative estimate of drug-likeness (QED) is 0.263. The maximum Gasteiger partial charge on any atom is 0.326 e. The molecule has 1 fully saturated rings. The van der Waals surface area contributed by atoms with Gasteiger partial charge in [-0.3, -0.25) is 4.79 Å². The van der Waals surface area contributed by atoms with Crippen LogP contribution in [-0.4, -0.2) is 23.0 Å². The smallest absolute Gasteiger partial charge is 0.326 e. The Morgan fingerprint density at radius 2 is 1.92 bits per heavy atom. The van der Waals surface area contributed by atoms with Crippen molar-refractivity contribution in [1.29, 1.82) is 0 Å². The van der Waals surface area contributed by atoms with E-state index >= 15 is 0 Å². The van der Waals surface area contributed by atoms with Crippen LogP contribution >= 0.6 is 23.2 Å². The molecule has 5 nitrogen and oxygen atoms in total. The van der Waals surface area contributed by atoms with Crippen LogP contribution in [0.2, 0.25) is 10.0 Å². The van der Waals surface area contributed by atoms with Gasteiger partial charge in [-0.1, -0.05) is 54.4 Å². The molecule has 1 aliphatic rings. The summed E-state index contributed by atoms with van der Waals surface area (Å²) in [5, 5.41) is 14.4. The topological polar surface area (TPSA) is 75.6 Å². The highest BCUT2D eigenvalue weighted by atomic mass is 35.5. The highest BCUT2D eigenvalue weighted by molar-refractivity contribution is 6.42. The summed E-state index contributed by atoms with van der Waals surface area (Å²) in [6, 6.07) is 11.3. The zero-order valence-electron chi connectivity index (χ0n) is 21.1. The molecule has 3 atom stereocenters. The van der Waals surface area contributed by atoms with Crippen LogP contribution in [0.5, 0.6) is 5.75 Å². The third kappa shape index (κ3) is 6.86. The number of benzene rings is 3. The Morgan fingerprint density at radius 3 is 2.63 bits per heavy atom. The fraction of sp³-hybridized carbons (Fsp3) is 0.333. The molecule has 200 valence electrons. The van der Waals surface area contributed by atoms with E-state index < -0.39 is 23.7 Å². The molecule has 8 heteroatoms. The molecular formula is C30H30Cl2FNO4. The van der Waals surface area contributed by atoms with Gasteiger partial charge < -0.3 is 15.2 Å². The largest absolute Gasteiger partial charge is 0.487 e. The summed E-state index contributed by atoms with van der Waals surface area (Å²) in [7, 11) is 0. The van der Waals surface area contributed by atoms with E-state index in [4.69, 9.17) is 27.9 Å². The summed E-state index contributed by atoms with van der Waals surface area (Å²) in [5.74, 6) is -0.984. The minimum Gasteiger partial charge on any atom is -0.487 e. The van der Waals surface area contributed by atoms with E-state index in [0.29, 0.717) is 45.5 Å². The van der Waals surface area contributed by atoms with E-state index in [-0.39, 0.29) is 17.9 Å². The van der Waals surface area contributed by atoms with E-state index in [1.54, 1.807) is 24.3 Å². The molecule has 0 radical (unpaired) electrons. The maximum atomic E-state index is 13.9. The summed E-state index contributed by atoms with van der Waals surface area (Å²) >= 11 is 12.1. The number of fused-ring (bicyclic) bond motifs is 1. The van der Waals surface area contributed by atoms with Gasteiger partial charge >= 0.3 is 5.97 Å². The van der Waals surface area contributed by atoms with Crippen molar-refractivity contribution in [2.24, 2.45) is 11.8 Å². The van der Waals surface area contributed by atoms with Crippen molar-refractivity contribution in [1.82, 2.24) is 5.32 Å². The Morgan fingerprint density at radius 1 is 1.13 bits per heavy atom. The molecule has 3 aromatic carbocycles. The maximum absolute atomic E-state index is 13.9. The molecule has 38 heavy (non-hydrogen) atoms.